The van der Waals surface area contributed by atoms with Gasteiger partial charge in [0, 0.05) is 5.92 Å². The van der Waals surface area contributed by atoms with Crippen molar-refractivity contribution in [3.8, 4) is 0 Å². The molecule has 0 aromatic carbocycles. The molecule has 74 valence electrons. The van der Waals surface area contributed by atoms with Crippen LogP contribution in [0.1, 0.15) is 0 Å². The number of ether oxygens (including phenoxy) is 1. The summed E-state index contributed by atoms with van der Waals surface area (Å²) in [5.41, 5.74) is 0. The third kappa shape index (κ3) is 0.958. The van der Waals surface area contributed by atoms with Gasteiger partial charge in [0.25, 0.3) is 0 Å². The van der Waals surface area contributed by atoms with Gasteiger partial charge in [-0.3, -0.25) is 14.4 Å². The summed E-state index contributed by atoms with van der Waals surface area (Å²) < 4.78 is 3.57. The maximum atomic E-state index is 11.4. The molecular weight excluding hydrogens is 252 g/mol. The second kappa shape index (κ2) is 2.76. The van der Waals surface area contributed by atoms with Crippen molar-refractivity contribution in [1.29, 1.82) is 0 Å². The Morgan fingerprint density at radius 3 is 2.79 bits per heavy atom. The third-order valence-corrected chi connectivity index (χ3v) is 4.01. The van der Waals surface area contributed by atoms with E-state index in [-0.39, 0.29) is 5.92 Å². The number of Topliss-reactive ketones (excluding diaryl/α,β-unsaturated/α-hetero) is 1. The molecule has 5 heteroatoms. The van der Waals surface area contributed by atoms with Gasteiger partial charge in [0.2, 0.25) is 11.6 Å². The van der Waals surface area contributed by atoms with Gasteiger partial charge in [0.1, 0.15) is 4.32 Å². The minimum Gasteiger partial charge on any atom is -0.468 e. The van der Waals surface area contributed by atoms with Gasteiger partial charge >= 0.3 is 5.97 Å². The standard InChI is InChI=1S/C9H7BrO4/c1-14-8(13)9(10)4-2-3-5(11)7(12)6(4)9/h2-4,6H,1H3/t4-,6-,9+/m0/s1. The fraction of sp³-hybridized carbons (Fsp3) is 0.444. The maximum absolute atomic E-state index is 11.4. The molecule has 4 nitrogen and oxygen atoms in total. The average Bonchev–Trinajstić information content (AvgIpc) is 2.79. The van der Waals surface area contributed by atoms with Gasteiger partial charge in [-0.25, -0.2) is 0 Å². The molecule has 0 N–H and O–H groups in total. The van der Waals surface area contributed by atoms with Gasteiger partial charge in [-0.05, 0) is 6.08 Å². The van der Waals surface area contributed by atoms with Crippen LogP contribution in [0.3, 0.4) is 0 Å². The molecule has 0 aromatic rings. The molecule has 0 spiro atoms. The van der Waals surface area contributed by atoms with Crippen LogP contribution >= 0.6 is 15.9 Å². The van der Waals surface area contributed by atoms with Gasteiger partial charge in [-0.1, -0.05) is 22.0 Å². The van der Waals surface area contributed by atoms with Crippen molar-refractivity contribution in [2.24, 2.45) is 11.8 Å². The van der Waals surface area contributed by atoms with E-state index in [1.54, 1.807) is 6.08 Å². The lowest BCUT2D eigenvalue weighted by molar-refractivity contribution is -0.142. The Labute approximate surface area is 88.4 Å². The first-order valence-corrected chi connectivity index (χ1v) is 4.86. The molecule has 0 unspecified atom stereocenters. The number of methoxy groups -OCH3 is 1. The molecule has 0 bridgehead atoms. The minimum absolute atomic E-state index is 0.236. The molecule has 0 radical (unpaired) electrons. The van der Waals surface area contributed by atoms with Crippen LogP contribution < -0.4 is 0 Å². The van der Waals surface area contributed by atoms with Crippen LogP contribution in [0.5, 0.6) is 0 Å². The van der Waals surface area contributed by atoms with Crippen molar-refractivity contribution in [1.82, 2.24) is 0 Å². The Morgan fingerprint density at radius 2 is 2.21 bits per heavy atom. The fourth-order valence-electron chi connectivity index (χ4n) is 1.83. The highest BCUT2D eigenvalue weighted by molar-refractivity contribution is 9.10. The van der Waals surface area contributed by atoms with Crippen LogP contribution in [-0.4, -0.2) is 29.0 Å². The van der Waals surface area contributed by atoms with Crippen molar-refractivity contribution in [2.75, 3.05) is 7.11 Å². The Balaban J connectivity index is 2.32. The number of allylic oxidation sites excluding steroid dienone is 2. The molecule has 14 heavy (non-hydrogen) atoms. The monoisotopic (exact) mass is 258 g/mol. The minimum atomic E-state index is -0.999. The number of esters is 1. The molecule has 0 aliphatic heterocycles. The first-order chi connectivity index (χ1) is 6.53. The highest BCUT2D eigenvalue weighted by Gasteiger charge is 2.73. The summed E-state index contributed by atoms with van der Waals surface area (Å²) in [6.45, 7) is 0. The van der Waals surface area contributed by atoms with Crippen LogP contribution in [0.15, 0.2) is 12.2 Å². The SMILES string of the molecule is COC(=O)[C@]1(Br)[C@@H]2C(=O)C(=O)C=C[C@@H]21. The first kappa shape index (κ1) is 9.58. The maximum Gasteiger partial charge on any atom is 0.324 e. The Bertz CT molecular complexity index is 373. The number of carbonyl (C=O) groups is 3. The van der Waals surface area contributed by atoms with Gasteiger partial charge in [0.05, 0.1) is 13.0 Å². The third-order valence-electron chi connectivity index (χ3n) is 2.67. The van der Waals surface area contributed by atoms with E-state index in [2.05, 4.69) is 20.7 Å². The average molecular weight is 259 g/mol. The zero-order valence-corrected chi connectivity index (χ0v) is 8.91. The molecule has 0 heterocycles. The fourth-order valence-corrected chi connectivity index (χ4v) is 2.77. The first-order valence-electron chi connectivity index (χ1n) is 4.07. The van der Waals surface area contributed by atoms with Gasteiger partial charge in [-0.15, -0.1) is 0 Å². The quantitative estimate of drug-likeness (QED) is 0.384. The van der Waals surface area contributed by atoms with Crippen LogP contribution in [0.4, 0.5) is 0 Å². The molecule has 0 aromatic heterocycles. The number of rotatable bonds is 1. The van der Waals surface area contributed by atoms with E-state index in [0.717, 1.165) is 0 Å². The second-order valence-corrected chi connectivity index (χ2v) is 4.66. The zero-order chi connectivity index (χ0) is 10.5. The Kier molecular flexibility index (Phi) is 1.89. The van der Waals surface area contributed by atoms with Crippen molar-refractivity contribution in [3.05, 3.63) is 12.2 Å². The molecule has 3 atom stereocenters. The van der Waals surface area contributed by atoms with Crippen molar-refractivity contribution < 1.29 is 19.1 Å². The van der Waals surface area contributed by atoms with Crippen LogP contribution in [-0.2, 0) is 19.1 Å². The zero-order valence-electron chi connectivity index (χ0n) is 7.32. The van der Waals surface area contributed by atoms with Gasteiger partial charge < -0.3 is 4.74 Å². The van der Waals surface area contributed by atoms with E-state index in [4.69, 9.17) is 0 Å². The number of hydrogen-bond donors (Lipinski definition) is 0. The molecular formula is C9H7BrO4. The van der Waals surface area contributed by atoms with Crippen LogP contribution in [0.2, 0.25) is 0 Å². The molecule has 2 rings (SSSR count). The summed E-state index contributed by atoms with van der Waals surface area (Å²) in [5, 5.41) is 0. The highest BCUT2D eigenvalue weighted by atomic mass is 79.9. The van der Waals surface area contributed by atoms with E-state index in [1.165, 1.54) is 13.2 Å². The van der Waals surface area contributed by atoms with E-state index in [1.807, 2.05) is 0 Å². The lowest BCUT2D eigenvalue weighted by atomic mass is 10.1. The number of carbonyl (C=O) groups excluding carboxylic acids is 3. The van der Waals surface area contributed by atoms with Crippen molar-refractivity contribution in [3.63, 3.8) is 0 Å². The summed E-state index contributed by atoms with van der Waals surface area (Å²) in [6.07, 6.45) is 2.80. The molecule has 0 saturated heterocycles. The molecule has 0 amide bonds. The number of fused-ring (bicyclic) bond motifs is 1. The van der Waals surface area contributed by atoms with E-state index >= 15 is 0 Å². The summed E-state index contributed by atoms with van der Waals surface area (Å²) in [7, 11) is 1.26. The van der Waals surface area contributed by atoms with Crippen LogP contribution in [0.25, 0.3) is 0 Å². The predicted octanol–water partition coefficient (Wildman–Crippen LogP) is 0.247. The largest absolute Gasteiger partial charge is 0.468 e. The van der Waals surface area contributed by atoms with E-state index in [0.29, 0.717) is 0 Å². The molecule has 1 saturated carbocycles. The van der Waals surface area contributed by atoms with Gasteiger partial charge in [0.15, 0.2) is 0 Å². The molecule has 1 fully saturated rings. The predicted molar refractivity (Wildman–Crippen MR) is 49.8 cm³/mol. The Morgan fingerprint density at radius 1 is 1.57 bits per heavy atom. The van der Waals surface area contributed by atoms with Crippen LogP contribution in [0, 0.1) is 11.8 Å². The van der Waals surface area contributed by atoms with E-state index < -0.39 is 27.8 Å². The number of hydrogen-bond acceptors (Lipinski definition) is 4. The van der Waals surface area contributed by atoms with Crippen molar-refractivity contribution in [2.45, 2.75) is 4.32 Å². The van der Waals surface area contributed by atoms with Crippen molar-refractivity contribution >= 4 is 33.5 Å². The van der Waals surface area contributed by atoms with Gasteiger partial charge in [-0.2, -0.15) is 0 Å². The lowest BCUT2D eigenvalue weighted by Crippen LogP contribution is -2.25. The number of alkyl halides is 1. The lowest BCUT2D eigenvalue weighted by Gasteiger charge is -2.04. The Hall–Kier alpha value is -0.970. The number of ketones is 2. The summed E-state index contributed by atoms with van der Waals surface area (Å²) in [4.78, 5) is 33.7. The van der Waals surface area contributed by atoms with E-state index in [9.17, 15) is 14.4 Å². The molecule has 2 aliphatic rings. The molecule has 2 aliphatic carbocycles. The summed E-state index contributed by atoms with van der Waals surface area (Å²) in [5.74, 6) is -2.37. The normalized spacial score (nSPS) is 39.3. The summed E-state index contributed by atoms with van der Waals surface area (Å²) >= 11 is 3.18. The highest BCUT2D eigenvalue weighted by Crippen LogP contribution is 2.60. The smallest absolute Gasteiger partial charge is 0.324 e. The topological polar surface area (TPSA) is 60.4 Å². The second-order valence-electron chi connectivity index (χ2n) is 3.35. The summed E-state index contributed by atoms with van der Waals surface area (Å²) in [6, 6.07) is 0. The number of halogens is 1.